The fourth-order valence-corrected chi connectivity index (χ4v) is 1.02. The minimum absolute atomic E-state index is 0.266. The predicted octanol–water partition coefficient (Wildman–Crippen LogP) is -1.61. The summed E-state index contributed by atoms with van der Waals surface area (Å²) in [6.07, 6.45) is -2.53. The lowest BCUT2D eigenvalue weighted by atomic mass is 10.2. The standard InChI is InChI=1S/C10H14N2O10/c1-5(13)10(17)22-8(4-20-12(18)19)21-7(14)3-2-6(11)9(15)16/h6,8H,2-4,11H2,1H3,(H,15,16)/t6-,8?/m0/s1. The number of hydrogen-bond donors (Lipinski definition) is 2. The monoisotopic (exact) mass is 322 g/mol. The van der Waals surface area contributed by atoms with E-state index < -0.39 is 54.1 Å². The maximum Gasteiger partial charge on any atom is 0.377 e. The molecule has 0 amide bonds. The van der Waals surface area contributed by atoms with Gasteiger partial charge in [0, 0.05) is 13.3 Å². The van der Waals surface area contributed by atoms with Crippen molar-refractivity contribution in [2.75, 3.05) is 6.61 Å². The van der Waals surface area contributed by atoms with Crippen LogP contribution in [0.2, 0.25) is 0 Å². The van der Waals surface area contributed by atoms with Crippen LogP contribution >= 0.6 is 0 Å². The summed E-state index contributed by atoms with van der Waals surface area (Å²) in [7, 11) is 0. The Hall–Kier alpha value is -2.76. The number of nitrogens with two attached hydrogens (primary N) is 1. The topological polar surface area (TPSA) is 185 Å². The molecule has 0 radical (unpaired) electrons. The second-order valence-electron chi connectivity index (χ2n) is 3.88. The molecule has 2 atom stereocenters. The smallest absolute Gasteiger partial charge is 0.377 e. The number of carbonyl (C=O) groups excluding carboxylic acids is 3. The average molecular weight is 322 g/mol. The van der Waals surface area contributed by atoms with Gasteiger partial charge in [0.2, 0.25) is 5.78 Å². The molecule has 3 N–H and O–H groups in total. The van der Waals surface area contributed by atoms with Crippen molar-refractivity contribution in [1.29, 1.82) is 0 Å². The molecule has 0 heterocycles. The van der Waals surface area contributed by atoms with E-state index in [1.807, 2.05) is 0 Å². The van der Waals surface area contributed by atoms with Crippen LogP contribution in [0.3, 0.4) is 0 Å². The lowest BCUT2D eigenvalue weighted by Gasteiger charge is -2.16. The molecule has 0 aromatic rings. The Labute approximate surface area is 123 Å². The van der Waals surface area contributed by atoms with Gasteiger partial charge in [0.1, 0.15) is 6.04 Å². The summed E-state index contributed by atoms with van der Waals surface area (Å²) in [5, 5.41) is 17.4. The number of ether oxygens (including phenoxy) is 2. The molecule has 0 aromatic carbocycles. The molecule has 22 heavy (non-hydrogen) atoms. The number of aliphatic carboxylic acids is 1. The maximum atomic E-state index is 11.4. The van der Waals surface area contributed by atoms with Gasteiger partial charge in [0.15, 0.2) is 6.61 Å². The van der Waals surface area contributed by atoms with Crippen molar-refractivity contribution >= 4 is 23.7 Å². The van der Waals surface area contributed by atoms with Crippen molar-refractivity contribution < 1.29 is 43.7 Å². The third-order valence-corrected chi connectivity index (χ3v) is 2.08. The number of ketones is 1. The molecule has 0 fully saturated rings. The Morgan fingerprint density at radius 1 is 1.27 bits per heavy atom. The Morgan fingerprint density at radius 3 is 2.32 bits per heavy atom. The summed E-state index contributed by atoms with van der Waals surface area (Å²) in [5.74, 6) is -4.77. The van der Waals surface area contributed by atoms with Gasteiger partial charge in [0.05, 0.1) is 0 Å². The number of Topliss-reactive ketones (excluding diaryl/α,β-unsaturated/α-hetero) is 1. The summed E-state index contributed by atoms with van der Waals surface area (Å²) in [6.45, 7) is -0.0653. The molecular formula is C10H14N2O10. The second kappa shape index (κ2) is 9.23. The van der Waals surface area contributed by atoms with Gasteiger partial charge in [-0.05, 0) is 6.42 Å². The number of esters is 2. The fourth-order valence-electron chi connectivity index (χ4n) is 1.02. The van der Waals surface area contributed by atoms with Crippen LogP contribution < -0.4 is 5.73 Å². The first-order chi connectivity index (χ1) is 10.1. The summed E-state index contributed by atoms with van der Waals surface area (Å²) < 4.78 is 8.92. The van der Waals surface area contributed by atoms with Crippen molar-refractivity contribution in [1.82, 2.24) is 0 Å². The molecule has 0 aromatic heterocycles. The Kier molecular flexibility index (Phi) is 8.07. The van der Waals surface area contributed by atoms with Gasteiger partial charge in [-0.15, -0.1) is 10.1 Å². The van der Waals surface area contributed by atoms with Gasteiger partial charge in [-0.2, -0.15) is 0 Å². The largest absolute Gasteiger partial charge is 0.480 e. The molecule has 124 valence electrons. The zero-order chi connectivity index (χ0) is 17.3. The normalized spacial score (nSPS) is 12.6. The van der Waals surface area contributed by atoms with Crippen molar-refractivity contribution in [3.63, 3.8) is 0 Å². The molecule has 1 unspecified atom stereocenters. The van der Waals surface area contributed by atoms with E-state index in [1.165, 1.54) is 0 Å². The number of carboxylic acids is 1. The van der Waals surface area contributed by atoms with Crippen LogP contribution in [0.4, 0.5) is 0 Å². The first-order valence-electron chi connectivity index (χ1n) is 5.80. The zero-order valence-electron chi connectivity index (χ0n) is 11.4. The predicted molar refractivity (Wildman–Crippen MR) is 64.4 cm³/mol. The third-order valence-electron chi connectivity index (χ3n) is 2.08. The van der Waals surface area contributed by atoms with Crippen molar-refractivity contribution in [2.24, 2.45) is 5.73 Å². The highest BCUT2D eigenvalue weighted by Gasteiger charge is 2.24. The highest BCUT2D eigenvalue weighted by atomic mass is 17.0. The molecule has 12 heteroatoms. The summed E-state index contributed by atoms with van der Waals surface area (Å²) in [6, 6.07) is -1.30. The van der Waals surface area contributed by atoms with E-state index in [-0.39, 0.29) is 6.42 Å². The minimum Gasteiger partial charge on any atom is -0.480 e. The van der Waals surface area contributed by atoms with Gasteiger partial charge >= 0.3 is 17.9 Å². The van der Waals surface area contributed by atoms with E-state index >= 15 is 0 Å². The number of carboxylic acid groups (broad SMARTS) is 1. The van der Waals surface area contributed by atoms with Crippen molar-refractivity contribution in [3.8, 4) is 0 Å². The molecule has 0 rings (SSSR count). The van der Waals surface area contributed by atoms with Crippen molar-refractivity contribution in [3.05, 3.63) is 10.1 Å². The molecule has 0 aliphatic carbocycles. The summed E-state index contributed by atoms with van der Waals surface area (Å²) in [4.78, 5) is 57.6. The van der Waals surface area contributed by atoms with E-state index in [0.717, 1.165) is 6.92 Å². The van der Waals surface area contributed by atoms with E-state index in [2.05, 4.69) is 14.3 Å². The van der Waals surface area contributed by atoms with Crippen molar-refractivity contribution in [2.45, 2.75) is 32.1 Å². The molecule has 0 aliphatic heterocycles. The van der Waals surface area contributed by atoms with E-state index in [1.54, 1.807) is 0 Å². The SMILES string of the molecule is CC(=O)C(=O)OC(CO[N+](=O)[O-])OC(=O)CC[C@H](N)C(=O)O. The first-order valence-corrected chi connectivity index (χ1v) is 5.80. The molecular weight excluding hydrogens is 308 g/mol. The molecule has 0 bridgehead atoms. The average Bonchev–Trinajstić information content (AvgIpc) is 2.41. The van der Waals surface area contributed by atoms with Crippen LogP contribution in [0.5, 0.6) is 0 Å². The quantitative estimate of drug-likeness (QED) is 0.155. The van der Waals surface area contributed by atoms with E-state index in [0.29, 0.717) is 0 Å². The van der Waals surface area contributed by atoms with Gasteiger partial charge in [-0.25, -0.2) is 4.79 Å². The van der Waals surface area contributed by atoms with E-state index in [4.69, 9.17) is 10.8 Å². The van der Waals surface area contributed by atoms with Gasteiger partial charge in [-0.1, -0.05) is 0 Å². The highest BCUT2D eigenvalue weighted by Crippen LogP contribution is 2.04. The number of hydrogen-bond acceptors (Lipinski definition) is 10. The molecule has 12 nitrogen and oxygen atoms in total. The van der Waals surface area contributed by atoms with Crippen LogP contribution in [0.1, 0.15) is 19.8 Å². The highest BCUT2D eigenvalue weighted by molar-refractivity contribution is 6.32. The Morgan fingerprint density at radius 2 is 1.86 bits per heavy atom. The number of rotatable bonds is 10. The van der Waals surface area contributed by atoms with Gasteiger partial charge in [-0.3, -0.25) is 14.4 Å². The molecule has 0 saturated carbocycles. The third kappa shape index (κ3) is 8.42. The van der Waals surface area contributed by atoms with Gasteiger partial charge < -0.3 is 25.2 Å². The first kappa shape index (κ1) is 19.2. The zero-order valence-corrected chi connectivity index (χ0v) is 11.4. The van der Waals surface area contributed by atoms with Crippen LogP contribution in [0.15, 0.2) is 0 Å². The maximum absolute atomic E-state index is 11.4. The Balaban J connectivity index is 4.50. The number of nitrogens with zero attached hydrogens (tertiary/aromatic N) is 1. The van der Waals surface area contributed by atoms with Crippen LogP contribution in [-0.2, 0) is 33.5 Å². The number of carbonyl (C=O) groups is 4. The summed E-state index contributed by atoms with van der Waals surface area (Å²) >= 11 is 0. The van der Waals surface area contributed by atoms with Crippen LogP contribution in [0, 0.1) is 10.1 Å². The lowest BCUT2D eigenvalue weighted by molar-refractivity contribution is -0.760. The van der Waals surface area contributed by atoms with Crippen LogP contribution in [-0.4, -0.2) is 52.8 Å². The van der Waals surface area contributed by atoms with Gasteiger partial charge in [0.25, 0.3) is 11.4 Å². The fraction of sp³-hybridized carbons (Fsp3) is 0.600. The lowest BCUT2D eigenvalue weighted by Crippen LogP contribution is -2.34. The van der Waals surface area contributed by atoms with E-state index in [9.17, 15) is 29.3 Å². The molecule has 0 spiro atoms. The van der Waals surface area contributed by atoms with Crippen LogP contribution in [0.25, 0.3) is 0 Å². The Bertz CT molecular complexity index is 463. The second-order valence-corrected chi connectivity index (χ2v) is 3.88. The molecule has 0 saturated heterocycles. The molecule has 0 aliphatic rings. The minimum atomic E-state index is -1.82. The summed E-state index contributed by atoms with van der Waals surface area (Å²) in [5.41, 5.74) is 5.16.